The third-order valence-corrected chi connectivity index (χ3v) is 3.18. The first kappa shape index (κ1) is 11.9. The Morgan fingerprint density at radius 1 is 1.50 bits per heavy atom. The molecule has 82 valence electrons. The molecular weight excluding hydrogens is 194 g/mol. The predicted molar refractivity (Wildman–Crippen MR) is 63.2 cm³/mol. The van der Waals surface area contributed by atoms with Gasteiger partial charge in [-0.1, -0.05) is 11.9 Å². The molecule has 3 heteroatoms. The molecule has 0 unspecified atom stereocenters. The lowest BCUT2D eigenvalue weighted by Crippen LogP contribution is -2.37. The van der Waals surface area contributed by atoms with Gasteiger partial charge in [-0.25, -0.2) is 0 Å². The van der Waals surface area contributed by atoms with Gasteiger partial charge >= 0.3 is 0 Å². The zero-order valence-electron chi connectivity index (χ0n) is 9.54. The van der Waals surface area contributed by atoms with E-state index in [9.17, 15) is 0 Å². The summed E-state index contributed by atoms with van der Waals surface area (Å²) in [4.78, 5) is 0. The van der Waals surface area contributed by atoms with E-state index in [-0.39, 0.29) is 4.75 Å². The van der Waals surface area contributed by atoms with Gasteiger partial charge in [0.2, 0.25) is 0 Å². The van der Waals surface area contributed by atoms with Crippen LogP contribution in [0.15, 0.2) is 12.3 Å². The Bertz CT molecular complexity index is 198. The van der Waals surface area contributed by atoms with Crippen molar-refractivity contribution in [1.82, 2.24) is 4.72 Å². The van der Waals surface area contributed by atoms with Crippen molar-refractivity contribution in [2.45, 2.75) is 57.4 Å². The van der Waals surface area contributed by atoms with Crippen molar-refractivity contribution in [3.63, 3.8) is 0 Å². The minimum Gasteiger partial charge on any atom is -0.497 e. The highest BCUT2D eigenvalue weighted by Crippen LogP contribution is 2.22. The largest absolute Gasteiger partial charge is 0.497 e. The number of allylic oxidation sites excluding steroid dienone is 1. The van der Waals surface area contributed by atoms with Gasteiger partial charge in [0.1, 0.15) is 6.10 Å². The van der Waals surface area contributed by atoms with Crippen molar-refractivity contribution < 1.29 is 4.74 Å². The summed E-state index contributed by atoms with van der Waals surface area (Å²) in [5.74, 6) is 0. The third-order valence-electron chi connectivity index (χ3n) is 2.08. The van der Waals surface area contributed by atoms with Crippen molar-refractivity contribution in [2.75, 3.05) is 0 Å². The summed E-state index contributed by atoms with van der Waals surface area (Å²) in [5.41, 5.74) is 0. The maximum Gasteiger partial charge on any atom is 0.114 e. The van der Waals surface area contributed by atoms with E-state index < -0.39 is 0 Å². The summed E-state index contributed by atoms with van der Waals surface area (Å²) in [6.45, 7) is 8.81. The first-order valence-corrected chi connectivity index (χ1v) is 6.05. The average Bonchev–Trinajstić information content (AvgIpc) is 2.14. The standard InChI is InChI=1S/C11H21NOS/c1-9(12-14-11(2,3)4)10-7-5-6-8-13-10/h6,8-10,12H,5,7H2,1-4H3/t9-,10-/m0/s1. The van der Waals surface area contributed by atoms with Crippen LogP contribution in [-0.4, -0.2) is 16.9 Å². The summed E-state index contributed by atoms with van der Waals surface area (Å²) in [7, 11) is 0. The highest BCUT2D eigenvalue weighted by molar-refractivity contribution is 7.98. The quantitative estimate of drug-likeness (QED) is 0.731. The van der Waals surface area contributed by atoms with E-state index >= 15 is 0 Å². The molecule has 0 amide bonds. The molecule has 1 N–H and O–H groups in total. The maximum absolute atomic E-state index is 5.55. The molecule has 1 aliphatic heterocycles. The molecule has 0 saturated heterocycles. The van der Waals surface area contributed by atoms with Gasteiger partial charge in [-0.3, -0.25) is 4.72 Å². The van der Waals surface area contributed by atoms with Crippen LogP contribution in [0.2, 0.25) is 0 Å². The maximum atomic E-state index is 5.55. The number of nitrogens with one attached hydrogen (secondary N) is 1. The van der Waals surface area contributed by atoms with Crippen LogP contribution in [0.3, 0.4) is 0 Å². The van der Waals surface area contributed by atoms with Crippen LogP contribution >= 0.6 is 11.9 Å². The SMILES string of the molecule is C[C@H](NSC(C)(C)C)[C@@H]1CCC=CO1. The first-order valence-electron chi connectivity index (χ1n) is 5.23. The van der Waals surface area contributed by atoms with Gasteiger partial charge in [0.15, 0.2) is 0 Å². The Labute approximate surface area is 91.6 Å². The third kappa shape index (κ3) is 4.38. The molecule has 0 saturated carbocycles. The minimum absolute atomic E-state index is 0.263. The Morgan fingerprint density at radius 2 is 2.21 bits per heavy atom. The zero-order chi connectivity index (χ0) is 10.6. The van der Waals surface area contributed by atoms with Gasteiger partial charge in [-0.05, 0) is 46.6 Å². The molecule has 0 aromatic rings. The number of hydrogen-bond donors (Lipinski definition) is 1. The topological polar surface area (TPSA) is 21.3 Å². The molecule has 0 aromatic heterocycles. The second kappa shape index (κ2) is 5.08. The van der Waals surface area contributed by atoms with E-state index in [2.05, 4.69) is 38.5 Å². The fraction of sp³-hybridized carbons (Fsp3) is 0.818. The molecule has 2 nitrogen and oxygen atoms in total. The summed E-state index contributed by atoms with van der Waals surface area (Å²) < 4.78 is 9.26. The van der Waals surface area contributed by atoms with Gasteiger partial charge in [0, 0.05) is 4.75 Å². The van der Waals surface area contributed by atoms with E-state index in [1.54, 1.807) is 11.9 Å². The number of rotatable bonds is 3. The van der Waals surface area contributed by atoms with E-state index in [4.69, 9.17) is 4.74 Å². The second-order valence-corrected chi connectivity index (χ2v) is 6.41. The van der Waals surface area contributed by atoms with Crippen LogP contribution in [0.25, 0.3) is 0 Å². The van der Waals surface area contributed by atoms with Gasteiger partial charge < -0.3 is 4.74 Å². The molecule has 1 rings (SSSR count). The lowest BCUT2D eigenvalue weighted by Gasteiger charge is -2.28. The first-order chi connectivity index (χ1) is 6.49. The van der Waals surface area contributed by atoms with Crippen molar-refractivity contribution in [3.8, 4) is 0 Å². The highest BCUT2D eigenvalue weighted by Gasteiger charge is 2.21. The molecule has 0 aromatic carbocycles. The Morgan fingerprint density at radius 3 is 2.71 bits per heavy atom. The van der Waals surface area contributed by atoms with Crippen molar-refractivity contribution in [3.05, 3.63) is 12.3 Å². The van der Waals surface area contributed by atoms with Gasteiger partial charge in [-0.15, -0.1) is 0 Å². The van der Waals surface area contributed by atoms with Crippen LogP contribution in [0, 0.1) is 0 Å². The predicted octanol–water partition coefficient (Wildman–Crippen LogP) is 3.10. The van der Waals surface area contributed by atoms with Crippen LogP contribution in [0.5, 0.6) is 0 Å². The molecule has 14 heavy (non-hydrogen) atoms. The van der Waals surface area contributed by atoms with Gasteiger partial charge in [0.05, 0.1) is 12.3 Å². The molecule has 1 heterocycles. The number of ether oxygens (including phenoxy) is 1. The van der Waals surface area contributed by atoms with E-state index in [0.29, 0.717) is 12.1 Å². The van der Waals surface area contributed by atoms with Crippen LogP contribution in [-0.2, 0) is 4.74 Å². The normalized spacial score (nSPS) is 24.4. The molecular formula is C11H21NOS. The zero-order valence-corrected chi connectivity index (χ0v) is 10.4. The summed E-state index contributed by atoms with van der Waals surface area (Å²) >= 11 is 1.78. The molecule has 0 bridgehead atoms. The molecule has 1 aliphatic rings. The van der Waals surface area contributed by atoms with Crippen molar-refractivity contribution in [1.29, 1.82) is 0 Å². The summed E-state index contributed by atoms with van der Waals surface area (Å²) in [5, 5.41) is 0. The van der Waals surface area contributed by atoms with Crippen molar-refractivity contribution in [2.24, 2.45) is 0 Å². The summed E-state index contributed by atoms with van der Waals surface area (Å²) in [6.07, 6.45) is 6.50. The Kier molecular flexibility index (Phi) is 4.32. The molecule has 0 aliphatic carbocycles. The second-order valence-electron chi connectivity index (χ2n) is 4.74. The fourth-order valence-electron chi connectivity index (χ4n) is 1.27. The molecule has 2 atom stereocenters. The molecule has 0 spiro atoms. The molecule has 0 fully saturated rings. The number of hydrogen-bond acceptors (Lipinski definition) is 3. The van der Waals surface area contributed by atoms with Gasteiger partial charge in [-0.2, -0.15) is 0 Å². The van der Waals surface area contributed by atoms with E-state index in [1.165, 1.54) is 0 Å². The van der Waals surface area contributed by atoms with Gasteiger partial charge in [0.25, 0.3) is 0 Å². The van der Waals surface area contributed by atoms with Crippen LogP contribution in [0.4, 0.5) is 0 Å². The monoisotopic (exact) mass is 215 g/mol. The van der Waals surface area contributed by atoms with Crippen LogP contribution < -0.4 is 4.72 Å². The Balaban J connectivity index is 2.27. The Hall–Kier alpha value is -0.150. The lowest BCUT2D eigenvalue weighted by atomic mass is 10.1. The fourth-order valence-corrected chi connectivity index (χ4v) is 1.96. The van der Waals surface area contributed by atoms with Crippen LogP contribution in [0.1, 0.15) is 40.5 Å². The molecule has 0 radical (unpaired) electrons. The van der Waals surface area contributed by atoms with Crippen molar-refractivity contribution >= 4 is 11.9 Å². The summed E-state index contributed by atoms with van der Waals surface area (Å²) in [6, 6.07) is 0.407. The average molecular weight is 215 g/mol. The minimum atomic E-state index is 0.263. The van der Waals surface area contributed by atoms with E-state index in [0.717, 1.165) is 12.8 Å². The lowest BCUT2D eigenvalue weighted by molar-refractivity contribution is 0.100. The highest BCUT2D eigenvalue weighted by atomic mass is 32.2. The smallest absolute Gasteiger partial charge is 0.114 e. The van der Waals surface area contributed by atoms with E-state index in [1.807, 2.05) is 6.26 Å².